The summed E-state index contributed by atoms with van der Waals surface area (Å²) in [6.07, 6.45) is -0.254. The van der Waals surface area contributed by atoms with Crippen molar-refractivity contribution in [1.82, 2.24) is 0 Å². The Kier molecular flexibility index (Phi) is 5.84. The zero-order chi connectivity index (χ0) is 19.1. The number of benzene rings is 3. The lowest BCUT2D eigenvalue weighted by atomic mass is 10.2. The van der Waals surface area contributed by atoms with Gasteiger partial charge in [0.1, 0.15) is 17.9 Å². The molecule has 3 aromatic carbocycles. The Balaban J connectivity index is 0.00000210. The van der Waals surface area contributed by atoms with E-state index in [4.69, 9.17) is 4.74 Å². The predicted octanol–water partition coefficient (Wildman–Crippen LogP) is 5.25. The van der Waals surface area contributed by atoms with E-state index in [1.807, 2.05) is 49.4 Å². The maximum absolute atomic E-state index is 12.0. The Morgan fingerprint density at radius 3 is 1.78 bits per heavy atom. The zero-order valence-electron chi connectivity index (χ0n) is 14.9. The van der Waals surface area contributed by atoms with Crippen LogP contribution in [0.5, 0.6) is 11.5 Å². The molecule has 0 saturated carbocycles. The van der Waals surface area contributed by atoms with Gasteiger partial charge in [-0.2, -0.15) is 0 Å². The van der Waals surface area contributed by atoms with Crippen molar-refractivity contribution in [3.8, 4) is 11.5 Å². The summed E-state index contributed by atoms with van der Waals surface area (Å²) in [5, 5.41) is 5.41. The number of carbonyl (C=O) groups excluding carboxylic acids is 2. The lowest BCUT2D eigenvalue weighted by Gasteiger charge is -2.09. The van der Waals surface area contributed by atoms with Crippen LogP contribution in [-0.4, -0.2) is 11.8 Å². The van der Waals surface area contributed by atoms with E-state index in [2.05, 4.69) is 10.6 Å². The Morgan fingerprint density at radius 1 is 0.741 bits per heavy atom. The first-order valence-electron chi connectivity index (χ1n) is 8.58. The maximum Gasteiger partial charge on any atom is 0.233 e. The molecule has 0 unspecified atom stereocenters. The van der Waals surface area contributed by atoms with Gasteiger partial charge in [0.25, 0.3) is 0 Å². The Labute approximate surface area is 161 Å². The minimum Gasteiger partial charge on any atom is -0.457 e. The van der Waals surface area contributed by atoms with Crippen molar-refractivity contribution < 1.29 is 17.2 Å². The van der Waals surface area contributed by atoms with Crippen LogP contribution in [0.15, 0.2) is 78.9 Å². The fraction of sp³-hybridized carbons (Fsp3) is 0.0909. The van der Waals surface area contributed by atoms with Crippen molar-refractivity contribution in [2.24, 2.45) is 0 Å². The van der Waals surface area contributed by atoms with Gasteiger partial charge in [-0.05, 0) is 55.5 Å². The second-order valence-electron chi connectivity index (χ2n) is 6.08. The van der Waals surface area contributed by atoms with Gasteiger partial charge < -0.3 is 15.4 Å². The van der Waals surface area contributed by atoms with Gasteiger partial charge in [-0.25, -0.2) is 0 Å². The third-order valence-electron chi connectivity index (χ3n) is 3.77. The fourth-order valence-electron chi connectivity index (χ4n) is 2.42. The summed E-state index contributed by atoms with van der Waals surface area (Å²) in [7, 11) is 0. The number of hydrogen-bond donors (Lipinski definition) is 2. The average molecular weight is 364 g/mol. The smallest absolute Gasteiger partial charge is 0.233 e. The minimum atomic E-state index is -0.378. The molecule has 5 heteroatoms. The Bertz CT molecular complexity index is 915. The molecule has 2 amide bonds. The van der Waals surface area contributed by atoms with Gasteiger partial charge in [0, 0.05) is 14.2 Å². The number of rotatable bonds is 6. The number of amides is 2. The molecule has 27 heavy (non-hydrogen) atoms. The molecule has 0 aromatic heterocycles. The normalized spacial score (nSPS) is 10.1. The third-order valence-corrected chi connectivity index (χ3v) is 3.77. The summed E-state index contributed by atoms with van der Waals surface area (Å²) < 4.78 is 5.70. The van der Waals surface area contributed by atoms with Crippen molar-refractivity contribution in [2.75, 3.05) is 10.6 Å². The van der Waals surface area contributed by atoms with E-state index in [9.17, 15) is 9.59 Å². The van der Waals surface area contributed by atoms with E-state index < -0.39 is 0 Å². The van der Waals surface area contributed by atoms with Crippen molar-refractivity contribution in [2.45, 2.75) is 13.3 Å². The molecule has 2 N–H and O–H groups in total. The molecule has 5 nitrogen and oxygen atoms in total. The molecule has 0 aliphatic heterocycles. The molecule has 3 aromatic rings. The van der Waals surface area contributed by atoms with Gasteiger partial charge in [-0.15, -0.1) is 0 Å². The molecule has 0 fully saturated rings. The van der Waals surface area contributed by atoms with Gasteiger partial charge in [-0.1, -0.05) is 35.9 Å². The lowest BCUT2D eigenvalue weighted by Crippen LogP contribution is -2.21. The largest absolute Gasteiger partial charge is 0.457 e. The molecular weight excluding hydrogens is 340 g/mol. The molecular formula is C22H24N2O3. The molecule has 0 heterocycles. The van der Waals surface area contributed by atoms with Crippen LogP contribution in [-0.2, 0) is 9.59 Å². The summed E-state index contributed by atoms with van der Waals surface area (Å²) in [6.45, 7) is 1.97. The molecule has 0 radical (unpaired) electrons. The molecule has 0 aliphatic carbocycles. The van der Waals surface area contributed by atoms with E-state index in [1.54, 1.807) is 36.4 Å². The topological polar surface area (TPSA) is 67.4 Å². The van der Waals surface area contributed by atoms with Crippen LogP contribution in [0.4, 0.5) is 11.4 Å². The summed E-state index contributed by atoms with van der Waals surface area (Å²) in [6, 6.07) is 23.8. The highest BCUT2D eigenvalue weighted by Crippen LogP contribution is 2.22. The van der Waals surface area contributed by atoms with Crippen LogP contribution in [0.2, 0.25) is 0 Å². The number of para-hydroxylation sites is 1. The van der Waals surface area contributed by atoms with Crippen LogP contribution in [0, 0.1) is 6.92 Å². The predicted molar refractivity (Wildman–Crippen MR) is 110 cm³/mol. The standard InChI is InChI=1S/C22H20N2O3.2H2/c1-16-7-9-17(10-8-16)23-21(25)15-22(26)24-18-11-13-20(14-12-18)27-19-5-3-2-4-6-19;;/h2-14H,15H2,1H3,(H,23,25)(H,24,26);2*1H. The SMILES string of the molecule is Cc1ccc(NC(=O)CC(=O)Nc2ccc(Oc3ccccc3)cc2)cc1.[HH].[HH]. The van der Waals surface area contributed by atoms with E-state index in [0.717, 1.165) is 11.3 Å². The number of carbonyl (C=O) groups is 2. The molecule has 0 spiro atoms. The molecule has 0 saturated heterocycles. The monoisotopic (exact) mass is 364 g/mol. The van der Waals surface area contributed by atoms with Crippen molar-refractivity contribution in [1.29, 1.82) is 0 Å². The molecule has 0 atom stereocenters. The summed E-state index contributed by atoms with van der Waals surface area (Å²) in [5.74, 6) is 0.662. The highest BCUT2D eigenvalue weighted by atomic mass is 16.5. The van der Waals surface area contributed by atoms with Crippen LogP contribution in [0.25, 0.3) is 0 Å². The van der Waals surface area contributed by atoms with Crippen molar-refractivity contribution >= 4 is 23.2 Å². The zero-order valence-corrected chi connectivity index (χ0v) is 14.9. The van der Waals surface area contributed by atoms with Crippen LogP contribution in [0.1, 0.15) is 14.8 Å². The lowest BCUT2D eigenvalue weighted by molar-refractivity contribution is -0.123. The number of aryl methyl sites for hydroxylation is 1. The fourth-order valence-corrected chi connectivity index (χ4v) is 2.42. The first kappa shape index (κ1) is 18.2. The quantitative estimate of drug-likeness (QED) is 0.587. The van der Waals surface area contributed by atoms with E-state index >= 15 is 0 Å². The van der Waals surface area contributed by atoms with E-state index in [0.29, 0.717) is 17.1 Å². The summed E-state index contributed by atoms with van der Waals surface area (Å²) in [5.41, 5.74) is 2.37. The summed E-state index contributed by atoms with van der Waals surface area (Å²) >= 11 is 0. The highest BCUT2D eigenvalue weighted by molar-refractivity contribution is 6.08. The van der Waals surface area contributed by atoms with Gasteiger partial charge in [-0.3, -0.25) is 9.59 Å². The Hall–Kier alpha value is -3.60. The van der Waals surface area contributed by atoms with Crippen LogP contribution < -0.4 is 15.4 Å². The maximum atomic E-state index is 12.0. The second-order valence-corrected chi connectivity index (χ2v) is 6.08. The van der Waals surface area contributed by atoms with Crippen LogP contribution in [0.3, 0.4) is 0 Å². The van der Waals surface area contributed by atoms with Crippen molar-refractivity contribution in [3.05, 3.63) is 84.4 Å². The van der Waals surface area contributed by atoms with Gasteiger partial charge in [0.05, 0.1) is 0 Å². The van der Waals surface area contributed by atoms with Crippen LogP contribution >= 0.6 is 0 Å². The second kappa shape index (κ2) is 8.67. The number of hydrogen-bond acceptors (Lipinski definition) is 3. The van der Waals surface area contributed by atoms with Gasteiger partial charge in [0.2, 0.25) is 11.8 Å². The molecule has 3 rings (SSSR count). The number of nitrogens with one attached hydrogen (secondary N) is 2. The van der Waals surface area contributed by atoms with Crippen molar-refractivity contribution in [3.63, 3.8) is 0 Å². The number of anilines is 2. The van der Waals surface area contributed by atoms with E-state index in [1.165, 1.54) is 0 Å². The average Bonchev–Trinajstić information content (AvgIpc) is 2.66. The summed E-state index contributed by atoms with van der Waals surface area (Å²) in [4.78, 5) is 24.0. The molecule has 140 valence electrons. The highest BCUT2D eigenvalue weighted by Gasteiger charge is 2.10. The minimum absolute atomic E-state index is 0. The number of ether oxygens (including phenoxy) is 1. The van der Waals surface area contributed by atoms with E-state index in [-0.39, 0.29) is 21.1 Å². The first-order chi connectivity index (χ1) is 13.1. The Morgan fingerprint density at radius 2 is 1.22 bits per heavy atom. The van der Waals surface area contributed by atoms with Gasteiger partial charge >= 0.3 is 0 Å². The third kappa shape index (κ3) is 5.71. The first-order valence-corrected chi connectivity index (χ1v) is 8.58. The van der Waals surface area contributed by atoms with Gasteiger partial charge in [0.15, 0.2) is 0 Å². The molecule has 0 aliphatic rings. The molecule has 0 bridgehead atoms.